The summed E-state index contributed by atoms with van der Waals surface area (Å²) >= 11 is 0. The van der Waals surface area contributed by atoms with E-state index in [9.17, 15) is 8.42 Å². The van der Waals surface area contributed by atoms with Crippen molar-refractivity contribution in [1.29, 1.82) is 0 Å². The Labute approximate surface area is 95.4 Å². The molecule has 1 aromatic heterocycles. The smallest absolute Gasteiger partial charge is 0.208 e. The van der Waals surface area contributed by atoms with Crippen LogP contribution in [-0.2, 0) is 16.4 Å². The number of hydrogen-bond acceptors (Lipinski definition) is 5. The van der Waals surface area contributed by atoms with Crippen LogP contribution >= 0.6 is 0 Å². The van der Waals surface area contributed by atoms with Crippen molar-refractivity contribution in [2.75, 3.05) is 18.1 Å². The van der Waals surface area contributed by atoms with E-state index in [0.717, 1.165) is 5.76 Å². The Bertz CT molecular complexity index is 466. The molecule has 1 atom stereocenters. The van der Waals surface area contributed by atoms with Crippen LogP contribution in [0.15, 0.2) is 10.6 Å². The van der Waals surface area contributed by atoms with Gasteiger partial charge in [-0.05, 0) is 13.8 Å². The first-order valence-corrected chi connectivity index (χ1v) is 7.14. The summed E-state index contributed by atoms with van der Waals surface area (Å²) in [7, 11) is -2.84. The molecular formula is C10H16N2O3S. The maximum atomic E-state index is 11.4. The fraction of sp³-hybridized carbons (Fsp3) is 0.700. The van der Waals surface area contributed by atoms with Gasteiger partial charge in [-0.3, -0.25) is 4.90 Å². The molecule has 0 aromatic carbocycles. The normalized spacial score (nSPS) is 25.8. The molecular weight excluding hydrogens is 228 g/mol. The topological polar surface area (TPSA) is 63.4 Å². The Morgan fingerprint density at radius 1 is 1.62 bits per heavy atom. The van der Waals surface area contributed by atoms with Gasteiger partial charge in [-0.25, -0.2) is 13.4 Å². The molecule has 2 heterocycles. The van der Waals surface area contributed by atoms with Gasteiger partial charge in [0.15, 0.2) is 9.84 Å². The third kappa shape index (κ3) is 2.62. The lowest BCUT2D eigenvalue weighted by Crippen LogP contribution is -2.46. The second kappa shape index (κ2) is 4.18. The minimum absolute atomic E-state index is 0.0333. The van der Waals surface area contributed by atoms with E-state index in [1.54, 1.807) is 6.20 Å². The summed E-state index contributed by atoms with van der Waals surface area (Å²) in [6, 6.07) is 0.0333. The molecule has 6 heteroatoms. The molecule has 1 fully saturated rings. The van der Waals surface area contributed by atoms with Gasteiger partial charge in [0.2, 0.25) is 5.89 Å². The molecule has 0 radical (unpaired) electrons. The molecule has 90 valence electrons. The monoisotopic (exact) mass is 244 g/mol. The molecule has 0 amide bonds. The van der Waals surface area contributed by atoms with Gasteiger partial charge in [-0.15, -0.1) is 0 Å². The first kappa shape index (κ1) is 11.6. The van der Waals surface area contributed by atoms with E-state index in [-0.39, 0.29) is 17.5 Å². The van der Waals surface area contributed by atoms with Crippen molar-refractivity contribution in [3.63, 3.8) is 0 Å². The molecule has 0 saturated carbocycles. The van der Waals surface area contributed by atoms with E-state index < -0.39 is 9.84 Å². The van der Waals surface area contributed by atoms with Crippen molar-refractivity contribution in [3.8, 4) is 0 Å². The largest absolute Gasteiger partial charge is 0.445 e. The summed E-state index contributed by atoms with van der Waals surface area (Å²) < 4.78 is 28.2. The van der Waals surface area contributed by atoms with Gasteiger partial charge in [-0.2, -0.15) is 0 Å². The summed E-state index contributed by atoms with van der Waals surface area (Å²) in [5.41, 5.74) is 0. The predicted molar refractivity (Wildman–Crippen MR) is 59.8 cm³/mol. The lowest BCUT2D eigenvalue weighted by Gasteiger charge is -2.31. The van der Waals surface area contributed by atoms with Crippen LogP contribution in [0.5, 0.6) is 0 Å². The number of oxazole rings is 1. The molecule has 0 N–H and O–H groups in total. The SMILES string of the molecule is Cc1cnc(CN2CCS(=O)(=O)C[C@H]2C)o1. The van der Waals surface area contributed by atoms with Crippen LogP contribution in [0.25, 0.3) is 0 Å². The van der Waals surface area contributed by atoms with Crippen LogP contribution in [0, 0.1) is 6.92 Å². The average Bonchev–Trinajstić information content (AvgIpc) is 2.56. The molecule has 0 aliphatic carbocycles. The lowest BCUT2D eigenvalue weighted by molar-refractivity contribution is 0.196. The molecule has 16 heavy (non-hydrogen) atoms. The Balaban J connectivity index is 2.02. The fourth-order valence-corrected chi connectivity index (χ4v) is 3.54. The van der Waals surface area contributed by atoms with E-state index in [1.807, 2.05) is 13.8 Å². The highest BCUT2D eigenvalue weighted by atomic mass is 32.2. The van der Waals surface area contributed by atoms with Crippen molar-refractivity contribution in [1.82, 2.24) is 9.88 Å². The summed E-state index contributed by atoms with van der Waals surface area (Å²) in [6.07, 6.45) is 1.68. The lowest BCUT2D eigenvalue weighted by atomic mass is 10.3. The van der Waals surface area contributed by atoms with Gasteiger partial charge >= 0.3 is 0 Å². The minimum Gasteiger partial charge on any atom is -0.445 e. The zero-order chi connectivity index (χ0) is 11.8. The standard InChI is InChI=1S/C10H16N2O3S/c1-8-7-16(13,14)4-3-12(8)6-10-11-5-9(2)15-10/h5,8H,3-4,6-7H2,1-2H3/t8-/m1/s1. The van der Waals surface area contributed by atoms with E-state index >= 15 is 0 Å². The molecule has 1 aliphatic rings. The molecule has 0 unspecified atom stereocenters. The number of sulfone groups is 1. The van der Waals surface area contributed by atoms with Gasteiger partial charge < -0.3 is 4.42 Å². The van der Waals surface area contributed by atoms with E-state index in [0.29, 0.717) is 19.0 Å². The highest BCUT2D eigenvalue weighted by Crippen LogP contribution is 2.15. The highest BCUT2D eigenvalue weighted by Gasteiger charge is 2.28. The first-order valence-electron chi connectivity index (χ1n) is 5.32. The Kier molecular flexibility index (Phi) is 3.03. The number of rotatable bonds is 2. The maximum Gasteiger partial charge on any atom is 0.208 e. The van der Waals surface area contributed by atoms with Crippen molar-refractivity contribution >= 4 is 9.84 Å². The Morgan fingerprint density at radius 2 is 2.38 bits per heavy atom. The van der Waals surface area contributed by atoms with Crippen molar-refractivity contribution in [2.24, 2.45) is 0 Å². The second-order valence-corrected chi connectivity index (χ2v) is 6.53. The van der Waals surface area contributed by atoms with Gasteiger partial charge in [0.1, 0.15) is 5.76 Å². The Hall–Kier alpha value is -0.880. The van der Waals surface area contributed by atoms with E-state index in [4.69, 9.17) is 4.42 Å². The van der Waals surface area contributed by atoms with Crippen LogP contribution in [0.2, 0.25) is 0 Å². The number of aromatic nitrogens is 1. The van der Waals surface area contributed by atoms with Crippen molar-refractivity contribution in [3.05, 3.63) is 17.8 Å². The zero-order valence-electron chi connectivity index (χ0n) is 9.51. The second-order valence-electron chi connectivity index (χ2n) is 4.30. The van der Waals surface area contributed by atoms with Crippen LogP contribution < -0.4 is 0 Å². The molecule has 0 bridgehead atoms. The van der Waals surface area contributed by atoms with Crippen LogP contribution in [0.4, 0.5) is 0 Å². The Morgan fingerprint density at radius 3 is 2.94 bits per heavy atom. The number of nitrogens with zero attached hydrogens (tertiary/aromatic N) is 2. The van der Waals surface area contributed by atoms with Crippen molar-refractivity contribution in [2.45, 2.75) is 26.4 Å². The van der Waals surface area contributed by atoms with Crippen molar-refractivity contribution < 1.29 is 12.8 Å². The van der Waals surface area contributed by atoms with E-state index in [2.05, 4.69) is 9.88 Å². The first-order chi connectivity index (χ1) is 7.46. The van der Waals surface area contributed by atoms with Gasteiger partial charge in [0.05, 0.1) is 24.2 Å². The quantitative estimate of drug-likeness (QED) is 0.762. The third-order valence-corrected chi connectivity index (χ3v) is 4.61. The molecule has 0 spiro atoms. The predicted octanol–water partition coefficient (Wildman–Crippen LogP) is 0.602. The highest BCUT2D eigenvalue weighted by molar-refractivity contribution is 7.91. The molecule has 1 aliphatic heterocycles. The number of aryl methyl sites for hydroxylation is 1. The average molecular weight is 244 g/mol. The summed E-state index contributed by atoms with van der Waals surface area (Å²) in [6.45, 7) is 4.92. The van der Waals surface area contributed by atoms with Gasteiger partial charge in [-0.1, -0.05) is 0 Å². The van der Waals surface area contributed by atoms with E-state index in [1.165, 1.54) is 0 Å². The van der Waals surface area contributed by atoms with Crippen LogP contribution in [0.1, 0.15) is 18.6 Å². The van der Waals surface area contributed by atoms with Crippen LogP contribution in [-0.4, -0.2) is 42.4 Å². The third-order valence-electron chi connectivity index (χ3n) is 2.82. The molecule has 1 aromatic rings. The zero-order valence-corrected chi connectivity index (χ0v) is 10.3. The maximum absolute atomic E-state index is 11.4. The van der Waals surface area contributed by atoms with Crippen LogP contribution in [0.3, 0.4) is 0 Å². The molecule has 1 saturated heterocycles. The van der Waals surface area contributed by atoms with Gasteiger partial charge in [0, 0.05) is 12.6 Å². The minimum atomic E-state index is -2.84. The molecule has 2 rings (SSSR count). The fourth-order valence-electron chi connectivity index (χ4n) is 1.92. The summed E-state index contributed by atoms with van der Waals surface area (Å²) in [5, 5.41) is 0. The number of hydrogen-bond donors (Lipinski definition) is 0. The summed E-state index contributed by atoms with van der Waals surface area (Å²) in [5.74, 6) is 1.90. The summed E-state index contributed by atoms with van der Waals surface area (Å²) in [4.78, 5) is 6.21. The molecule has 5 nitrogen and oxygen atoms in total. The van der Waals surface area contributed by atoms with Gasteiger partial charge in [0.25, 0.3) is 0 Å².